The molecule has 0 spiro atoms. The van der Waals surface area contributed by atoms with E-state index >= 15 is 0 Å². The Morgan fingerprint density at radius 3 is 2.41 bits per heavy atom. The number of rotatable bonds is 3. The summed E-state index contributed by atoms with van der Waals surface area (Å²) in [5, 5.41) is 0. The Morgan fingerprint density at radius 1 is 0.862 bits per heavy atom. The molecule has 2 aliphatic rings. The smallest absolute Gasteiger partial charge is 0.227 e. The van der Waals surface area contributed by atoms with Crippen molar-refractivity contribution in [3.05, 3.63) is 29.8 Å². The van der Waals surface area contributed by atoms with Crippen LogP contribution in [0, 0.1) is 13.8 Å². The van der Waals surface area contributed by atoms with Gasteiger partial charge in [-0.2, -0.15) is 4.98 Å². The van der Waals surface area contributed by atoms with E-state index in [-0.39, 0.29) is 0 Å². The predicted molar refractivity (Wildman–Crippen MR) is 113 cm³/mol. The number of H-pyrrole nitrogens is 1. The number of ether oxygens (including phenoxy) is 1. The Kier molecular flexibility index (Phi) is 4.67. The van der Waals surface area contributed by atoms with E-state index in [9.17, 15) is 0 Å². The second kappa shape index (κ2) is 7.47. The van der Waals surface area contributed by atoms with Gasteiger partial charge in [-0.3, -0.25) is 0 Å². The first-order valence-electron chi connectivity index (χ1n) is 10.2. The number of anilines is 3. The summed E-state index contributed by atoms with van der Waals surface area (Å²) >= 11 is 0. The number of fused-ring (bicyclic) bond motifs is 1. The minimum Gasteiger partial charge on any atom is -0.378 e. The van der Waals surface area contributed by atoms with Gasteiger partial charge in [-0.1, -0.05) is 0 Å². The summed E-state index contributed by atoms with van der Waals surface area (Å²) in [6.07, 6.45) is 1.65. The van der Waals surface area contributed by atoms with Crippen LogP contribution in [0.2, 0.25) is 0 Å². The Labute approximate surface area is 169 Å². The third kappa shape index (κ3) is 3.57. The van der Waals surface area contributed by atoms with Crippen LogP contribution in [0.15, 0.2) is 18.5 Å². The number of aryl methyl sites for hydroxylation is 2. The highest BCUT2D eigenvalue weighted by Crippen LogP contribution is 2.25. The Hall–Kier alpha value is -2.94. The monoisotopic (exact) mass is 394 g/mol. The van der Waals surface area contributed by atoms with Crippen molar-refractivity contribution in [2.45, 2.75) is 13.8 Å². The van der Waals surface area contributed by atoms with Gasteiger partial charge in [-0.25, -0.2) is 15.0 Å². The molecule has 152 valence electrons. The summed E-state index contributed by atoms with van der Waals surface area (Å²) in [5.41, 5.74) is 4.09. The Morgan fingerprint density at radius 2 is 1.62 bits per heavy atom. The van der Waals surface area contributed by atoms with Gasteiger partial charge in [-0.15, -0.1) is 0 Å². The number of nitrogens with one attached hydrogen (secondary N) is 1. The van der Waals surface area contributed by atoms with E-state index in [0.717, 1.165) is 92.5 Å². The van der Waals surface area contributed by atoms with Gasteiger partial charge >= 0.3 is 0 Å². The average Bonchev–Trinajstić information content (AvgIpc) is 3.14. The van der Waals surface area contributed by atoms with E-state index in [2.05, 4.69) is 46.8 Å². The molecule has 5 heterocycles. The molecular formula is C20H26N8O. The highest BCUT2D eigenvalue weighted by Gasteiger charge is 2.23. The van der Waals surface area contributed by atoms with Crippen LogP contribution in [0.4, 0.5) is 17.6 Å². The van der Waals surface area contributed by atoms with Crippen molar-refractivity contribution in [1.82, 2.24) is 24.9 Å². The first-order chi connectivity index (χ1) is 14.2. The molecule has 0 atom stereocenters. The maximum absolute atomic E-state index is 5.46. The summed E-state index contributed by atoms with van der Waals surface area (Å²) in [6.45, 7) is 10.8. The maximum atomic E-state index is 5.46. The van der Waals surface area contributed by atoms with Crippen molar-refractivity contribution in [1.29, 1.82) is 0 Å². The van der Waals surface area contributed by atoms with Crippen molar-refractivity contribution in [2.24, 2.45) is 0 Å². The largest absolute Gasteiger partial charge is 0.378 e. The molecule has 0 radical (unpaired) electrons. The lowest BCUT2D eigenvalue weighted by Gasteiger charge is -2.36. The fraction of sp³-hybridized carbons (Fsp3) is 0.500. The van der Waals surface area contributed by atoms with Gasteiger partial charge in [0.25, 0.3) is 0 Å². The molecule has 9 nitrogen and oxygen atoms in total. The molecule has 9 heteroatoms. The second-order valence-corrected chi connectivity index (χ2v) is 7.65. The van der Waals surface area contributed by atoms with Gasteiger partial charge in [0.2, 0.25) is 5.95 Å². The van der Waals surface area contributed by atoms with Crippen molar-refractivity contribution in [3.8, 4) is 0 Å². The molecule has 3 aromatic rings. The van der Waals surface area contributed by atoms with Crippen LogP contribution in [-0.4, -0.2) is 77.4 Å². The molecule has 2 aliphatic heterocycles. The van der Waals surface area contributed by atoms with E-state index < -0.39 is 0 Å². The molecule has 0 bridgehead atoms. The molecule has 5 rings (SSSR count). The lowest BCUT2D eigenvalue weighted by Crippen LogP contribution is -2.47. The molecule has 0 unspecified atom stereocenters. The number of morpholine rings is 1. The van der Waals surface area contributed by atoms with Crippen LogP contribution in [-0.2, 0) is 4.74 Å². The highest BCUT2D eigenvalue weighted by atomic mass is 16.5. The zero-order chi connectivity index (χ0) is 19.8. The minimum atomic E-state index is 0.733. The van der Waals surface area contributed by atoms with Crippen molar-refractivity contribution in [3.63, 3.8) is 0 Å². The van der Waals surface area contributed by atoms with E-state index in [0.29, 0.717) is 0 Å². The molecule has 0 saturated carbocycles. The van der Waals surface area contributed by atoms with Gasteiger partial charge in [0, 0.05) is 56.7 Å². The van der Waals surface area contributed by atoms with Crippen LogP contribution < -0.4 is 14.7 Å². The van der Waals surface area contributed by atoms with Crippen LogP contribution in [0.1, 0.15) is 11.4 Å². The van der Waals surface area contributed by atoms with Crippen molar-refractivity contribution >= 4 is 28.6 Å². The lowest BCUT2D eigenvalue weighted by molar-refractivity contribution is 0.122. The maximum Gasteiger partial charge on any atom is 0.227 e. The molecule has 0 aromatic carbocycles. The van der Waals surface area contributed by atoms with Crippen LogP contribution in [0.5, 0.6) is 0 Å². The quantitative estimate of drug-likeness (QED) is 0.716. The number of aromatic amines is 1. The summed E-state index contributed by atoms with van der Waals surface area (Å²) in [7, 11) is 0. The number of aromatic nitrogens is 5. The molecule has 0 amide bonds. The highest BCUT2D eigenvalue weighted by molar-refractivity contribution is 5.86. The fourth-order valence-electron chi connectivity index (χ4n) is 4.05. The zero-order valence-corrected chi connectivity index (χ0v) is 16.9. The third-order valence-electron chi connectivity index (χ3n) is 5.56. The first kappa shape index (κ1) is 18.1. The summed E-state index contributed by atoms with van der Waals surface area (Å²) in [5.74, 6) is 2.79. The van der Waals surface area contributed by atoms with E-state index in [1.165, 1.54) is 0 Å². The van der Waals surface area contributed by atoms with E-state index in [1.54, 1.807) is 6.33 Å². The van der Waals surface area contributed by atoms with E-state index in [4.69, 9.17) is 9.72 Å². The molecule has 2 saturated heterocycles. The third-order valence-corrected chi connectivity index (χ3v) is 5.56. The van der Waals surface area contributed by atoms with Crippen LogP contribution in [0.25, 0.3) is 11.0 Å². The molecule has 2 fully saturated rings. The van der Waals surface area contributed by atoms with Gasteiger partial charge in [0.15, 0.2) is 5.82 Å². The average molecular weight is 394 g/mol. The van der Waals surface area contributed by atoms with Crippen molar-refractivity contribution < 1.29 is 4.74 Å². The molecule has 3 aromatic heterocycles. The number of piperazine rings is 1. The summed E-state index contributed by atoms with van der Waals surface area (Å²) < 4.78 is 5.46. The molecular weight excluding hydrogens is 368 g/mol. The Bertz CT molecular complexity index is 1000. The minimum absolute atomic E-state index is 0.733. The SMILES string of the molecule is Cc1cc(N2CCN(c3ncnc4cc(C)[nH]c34)CC2)nc(N2CCOCC2)n1. The molecule has 29 heavy (non-hydrogen) atoms. The standard InChI is InChI=1S/C20H26N8O/c1-14-11-16-18(23-14)19(22-13-21-16)27-5-3-26(4-6-27)17-12-15(2)24-20(25-17)28-7-9-29-10-8-28/h11-13,23H,3-10H2,1-2H3. The van der Waals surface area contributed by atoms with Crippen LogP contribution >= 0.6 is 0 Å². The van der Waals surface area contributed by atoms with Gasteiger partial charge < -0.3 is 24.4 Å². The lowest BCUT2D eigenvalue weighted by atomic mass is 10.2. The van der Waals surface area contributed by atoms with E-state index in [1.807, 2.05) is 13.8 Å². The van der Waals surface area contributed by atoms with Crippen LogP contribution in [0.3, 0.4) is 0 Å². The predicted octanol–water partition coefficient (Wildman–Crippen LogP) is 1.53. The number of nitrogens with zero attached hydrogens (tertiary/aromatic N) is 7. The summed E-state index contributed by atoms with van der Waals surface area (Å²) in [6, 6.07) is 4.14. The van der Waals surface area contributed by atoms with Gasteiger partial charge in [0.1, 0.15) is 17.7 Å². The normalized spacial score (nSPS) is 17.9. The fourth-order valence-corrected chi connectivity index (χ4v) is 4.05. The number of hydrogen-bond donors (Lipinski definition) is 1. The summed E-state index contributed by atoms with van der Waals surface area (Å²) in [4.78, 5) is 28.7. The first-order valence-corrected chi connectivity index (χ1v) is 10.2. The zero-order valence-electron chi connectivity index (χ0n) is 16.9. The Balaban J connectivity index is 1.33. The topological polar surface area (TPSA) is 86.3 Å². The second-order valence-electron chi connectivity index (χ2n) is 7.65. The molecule has 0 aliphatic carbocycles. The van der Waals surface area contributed by atoms with Gasteiger partial charge in [0.05, 0.1) is 18.7 Å². The molecule has 1 N–H and O–H groups in total. The van der Waals surface area contributed by atoms with Gasteiger partial charge in [-0.05, 0) is 19.9 Å². The van der Waals surface area contributed by atoms with Crippen molar-refractivity contribution in [2.75, 3.05) is 67.2 Å². The number of hydrogen-bond acceptors (Lipinski definition) is 8.